The number of carbonyl (C=O) groups is 1. The summed E-state index contributed by atoms with van der Waals surface area (Å²) in [5, 5.41) is 11.3. The van der Waals surface area contributed by atoms with Crippen LogP contribution in [0, 0.1) is 23.7 Å². The van der Waals surface area contributed by atoms with Crippen molar-refractivity contribution in [3.8, 4) is 0 Å². The number of hydrogen-bond donors (Lipinski definition) is 3. The van der Waals surface area contributed by atoms with Crippen LogP contribution in [0.25, 0.3) is 0 Å². The second-order valence-corrected chi connectivity index (χ2v) is 20.9. The van der Waals surface area contributed by atoms with E-state index in [2.05, 4.69) is 85.2 Å². The molecule has 3 N–H and O–H groups in total. The van der Waals surface area contributed by atoms with Crippen LogP contribution in [0.2, 0.25) is 0 Å². The minimum Gasteiger partial charge on any atom is -0.356 e. The van der Waals surface area contributed by atoms with Crippen LogP contribution in [0.3, 0.4) is 0 Å². The normalized spacial score (nSPS) is 21.2. The van der Waals surface area contributed by atoms with Gasteiger partial charge in [0.25, 0.3) is 0 Å². The van der Waals surface area contributed by atoms with Gasteiger partial charge in [-0.25, -0.2) is 0 Å². The van der Waals surface area contributed by atoms with Crippen molar-refractivity contribution in [1.29, 1.82) is 0 Å². The van der Waals surface area contributed by atoms with Gasteiger partial charge in [-0.1, -0.05) is 149 Å². The zero-order chi connectivity index (χ0) is 38.5. The molecular formula is C48H95N3O. The van der Waals surface area contributed by atoms with Crippen molar-refractivity contribution in [3.63, 3.8) is 0 Å². The van der Waals surface area contributed by atoms with Gasteiger partial charge in [-0.3, -0.25) is 4.79 Å². The molecule has 2 aliphatic heterocycles. The van der Waals surface area contributed by atoms with E-state index in [4.69, 9.17) is 0 Å². The number of amides is 1. The van der Waals surface area contributed by atoms with Crippen molar-refractivity contribution in [2.75, 3.05) is 6.54 Å². The summed E-state index contributed by atoms with van der Waals surface area (Å²) in [6.07, 6.45) is 36.7. The van der Waals surface area contributed by atoms with Crippen LogP contribution >= 0.6 is 0 Å². The molecule has 2 saturated heterocycles. The minimum absolute atomic E-state index is 0.116. The molecular weight excluding hydrogens is 635 g/mol. The van der Waals surface area contributed by atoms with E-state index in [0.717, 1.165) is 25.3 Å². The van der Waals surface area contributed by atoms with Crippen LogP contribution in [-0.2, 0) is 4.79 Å². The highest BCUT2D eigenvalue weighted by Crippen LogP contribution is 2.43. The van der Waals surface area contributed by atoms with Gasteiger partial charge in [0, 0.05) is 34.6 Å². The summed E-state index contributed by atoms with van der Waals surface area (Å²) in [6.45, 7) is 24.5. The van der Waals surface area contributed by atoms with Gasteiger partial charge in [0.15, 0.2) is 0 Å². The average molecular weight is 730 g/mol. The molecule has 2 aliphatic rings. The van der Waals surface area contributed by atoms with Crippen LogP contribution in [0.15, 0.2) is 0 Å². The number of hydrogen-bond acceptors (Lipinski definition) is 3. The summed E-state index contributed by atoms with van der Waals surface area (Å²) in [5.74, 6) is 2.47. The molecule has 2 heterocycles. The Kier molecular flexibility index (Phi) is 22.7. The summed E-state index contributed by atoms with van der Waals surface area (Å²) < 4.78 is 0. The molecule has 0 spiro atoms. The molecule has 0 bridgehead atoms. The Morgan fingerprint density at radius 1 is 0.519 bits per heavy atom. The maximum absolute atomic E-state index is 14.2. The topological polar surface area (TPSA) is 53.2 Å². The van der Waals surface area contributed by atoms with Crippen molar-refractivity contribution < 1.29 is 4.79 Å². The lowest BCUT2D eigenvalue weighted by molar-refractivity contribution is -0.128. The van der Waals surface area contributed by atoms with Crippen molar-refractivity contribution in [2.24, 2.45) is 23.7 Å². The van der Waals surface area contributed by atoms with Gasteiger partial charge in [0.05, 0.1) is 0 Å². The Labute approximate surface area is 327 Å². The highest BCUT2D eigenvalue weighted by molar-refractivity contribution is 5.79. The number of rotatable bonds is 29. The van der Waals surface area contributed by atoms with Gasteiger partial charge in [-0.2, -0.15) is 0 Å². The standard InChI is InChI=1S/C48H95N3O/c1-11-13-15-16-17-18-19-20-21-22-23-24-25-30-34-43(42(33-28-14-12-2)41-38-47(7,8)51-48(9,10)39-41)44(52)49-35-31-27-26-29-32-40-36-45(3,4)50-46(5,6)37-40/h40-43,50-51H,11-39H2,1-10H3,(H,49,52). The summed E-state index contributed by atoms with van der Waals surface area (Å²) in [5.41, 5.74) is 0.720. The highest BCUT2D eigenvalue weighted by Gasteiger charge is 2.43. The average Bonchev–Trinajstić information content (AvgIpc) is 3.02. The largest absolute Gasteiger partial charge is 0.356 e. The number of unbranched alkanes of at least 4 members (excludes halogenated alkanes) is 18. The smallest absolute Gasteiger partial charge is 0.223 e. The van der Waals surface area contributed by atoms with Gasteiger partial charge in [-0.05, 0) is 118 Å². The Bertz CT molecular complexity index is 891. The first-order valence-corrected chi connectivity index (χ1v) is 23.4. The predicted octanol–water partition coefficient (Wildman–Crippen LogP) is 13.9. The highest BCUT2D eigenvalue weighted by atomic mass is 16.1. The number of piperidine rings is 2. The molecule has 2 rings (SSSR count). The molecule has 0 aromatic rings. The first-order chi connectivity index (χ1) is 24.6. The molecule has 0 radical (unpaired) electrons. The van der Waals surface area contributed by atoms with Crippen LogP contribution in [0.4, 0.5) is 0 Å². The van der Waals surface area contributed by atoms with Gasteiger partial charge in [0.2, 0.25) is 5.91 Å². The fourth-order valence-electron chi connectivity index (χ4n) is 11.2. The van der Waals surface area contributed by atoms with E-state index in [1.54, 1.807) is 0 Å². The van der Waals surface area contributed by atoms with Gasteiger partial charge < -0.3 is 16.0 Å². The van der Waals surface area contributed by atoms with E-state index in [0.29, 0.717) is 17.7 Å². The van der Waals surface area contributed by atoms with E-state index >= 15 is 0 Å². The molecule has 0 saturated carbocycles. The molecule has 0 aromatic heterocycles. The van der Waals surface area contributed by atoms with Crippen LogP contribution < -0.4 is 16.0 Å². The lowest BCUT2D eigenvalue weighted by Crippen LogP contribution is -2.59. The minimum atomic E-state index is 0.116. The quantitative estimate of drug-likeness (QED) is 0.0672. The first-order valence-electron chi connectivity index (χ1n) is 23.4. The van der Waals surface area contributed by atoms with Crippen molar-refractivity contribution >= 4 is 5.91 Å². The molecule has 2 atom stereocenters. The summed E-state index contributed by atoms with van der Waals surface area (Å²) >= 11 is 0. The van der Waals surface area contributed by atoms with Crippen LogP contribution in [-0.4, -0.2) is 34.6 Å². The van der Waals surface area contributed by atoms with E-state index in [1.165, 1.54) is 167 Å². The van der Waals surface area contributed by atoms with E-state index in [9.17, 15) is 4.79 Å². The fourth-order valence-corrected chi connectivity index (χ4v) is 11.2. The SMILES string of the molecule is CCCCCCCCCCCCCCCCC(C(=O)NCCCCCCC1CC(C)(C)NC(C)(C)C1)C(CCCCC)C1CC(C)(C)NC(C)(C)C1. The molecule has 0 aliphatic carbocycles. The maximum atomic E-state index is 14.2. The molecule has 4 nitrogen and oxygen atoms in total. The Morgan fingerprint density at radius 2 is 0.904 bits per heavy atom. The predicted molar refractivity (Wildman–Crippen MR) is 230 cm³/mol. The molecule has 2 unspecified atom stereocenters. The van der Waals surface area contributed by atoms with Gasteiger partial charge >= 0.3 is 0 Å². The molecule has 52 heavy (non-hydrogen) atoms. The third kappa shape index (κ3) is 20.9. The van der Waals surface area contributed by atoms with Crippen molar-refractivity contribution in [1.82, 2.24) is 16.0 Å². The monoisotopic (exact) mass is 730 g/mol. The molecule has 308 valence electrons. The van der Waals surface area contributed by atoms with Gasteiger partial charge in [-0.15, -0.1) is 0 Å². The molecule has 1 amide bonds. The number of carbonyl (C=O) groups excluding carboxylic acids is 1. The summed E-state index contributed by atoms with van der Waals surface area (Å²) in [7, 11) is 0. The third-order valence-corrected chi connectivity index (χ3v) is 12.8. The second-order valence-electron chi connectivity index (χ2n) is 20.9. The maximum Gasteiger partial charge on any atom is 0.223 e. The molecule has 0 aromatic carbocycles. The zero-order valence-corrected chi connectivity index (χ0v) is 37.2. The van der Waals surface area contributed by atoms with E-state index in [1.807, 2.05) is 0 Å². The van der Waals surface area contributed by atoms with Gasteiger partial charge in [0.1, 0.15) is 0 Å². The first kappa shape index (κ1) is 47.5. The Balaban J connectivity index is 1.87. The lowest BCUT2D eigenvalue weighted by atomic mass is 9.65. The third-order valence-electron chi connectivity index (χ3n) is 12.8. The Hall–Kier alpha value is -0.610. The second kappa shape index (κ2) is 24.8. The zero-order valence-electron chi connectivity index (χ0n) is 37.2. The summed E-state index contributed by atoms with van der Waals surface area (Å²) in [4.78, 5) is 14.2. The van der Waals surface area contributed by atoms with E-state index < -0.39 is 0 Å². The van der Waals surface area contributed by atoms with E-state index in [-0.39, 0.29) is 28.1 Å². The fraction of sp³-hybridized carbons (Fsp3) is 0.979. The van der Waals surface area contributed by atoms with Crippen molar-refractivity contribution in [3.05, 3.63) is 0 Å². The van der Waals surface area contributed by atoms with Crippen LogP contribution in [0.5, 0.6) is 0 Å². The lowest BCUT2D eigenvalue weighted by Gasteiger charge is -2.50. The number of nitrogens with one attached hydrogen (secondary N) is 3. The van der Waals surface area contributed by atoms with Crippen LogP contribution in [0.1, 0.15) is 249 Å². The molecule has 2 fully saturated rings. The summed E-state index contributed by atoms with van der Waals surface area (Å²) in [6, 6.07) is 0. The van der Waals surface area contributed by atoms with Crippen molar-refractivity contribution in [2.45, 2.75) is 271 Å². The molecule has 4 heteroatoms. The Morgan fingerprint density at radius 3 is 1.40 bits per heavy atom.